The van der Waals surface area contributed by atoms with Crippen LogP contribution in [0, 0.1) is 0 Å². The van der Waals surface area contributed by atoms with Gasteiger partial charge in [0.1, 0.15) is 5.52 Å². The Morgan fingerprint density at radius 3 is 2.75 bits per heavy atom. The normalized spacial score (nSPS) is 11.2. The van der Waals surface area contributed by atoms with E-state index < -0.39 is 0 Å². The predicted octanol–water partition coefficient (Wildman–Crippen LogP) is 5.36. The molecule has 0 aliphatic heterocycles. The van der Waals surface area contributed by atoms with Crippen LogP contribution in [0.2, 0.25) is 0 Å². The van der Waals surface area contributed by atoms with Crippen LogP contribution in [0.25, 0.3) is 56.1 Å². The number of nitrogens with one attached hydrogen (secondary N) is 3. The van der Waals surface area contributed by atoms with Crippen LogP contribution in [0.15, 0.2) is 73.2 Å². The van der Waals surface area contributed by atoms with Gasteiger partial charge < -0.3 is 10.3 Å². The fourth-order valence-corrected chi connectivity index (χ4v) is 4.20. The lowest BCUT2D eigenvalue weighted by Crippen LogP contribution is -2.10. The number of aromatic amines is 2. The molecule has 9 nitrogen and oxygen atoms in total. The molecule has 0 spiro atoms. The number of benzene rings is 1. The fourth-order valence-electron chi connectivity index (χ4n) is 4.20. The van der Waals surface area contributed by atoms with Gasteiger partial charge in [0, 0.05) is 29.9 Å². The number of nitrogens with zero attached hydrogens (tertiary/aromatic N) is 5. The van der Waals surface area contributed by atoms with E-state index >= 15 is 0 Å². The zero-order chi connectivity index (χ0) is 24.5. The van der Waals surface area contributed by atoms with Crippen molar-refractivity contribution in [2.24, 2.45) is 0 Å². The molecular formula is C27H22N8O. The standard InChI is InChI=1S/C27H22N8O/c1-2-6-23(36)30-17-13-16(14-28-15-17)19-10-11-22-25(31-19)26(35-34-22)27-32-21-9-5-7-18(24(21)33-27)20-8-3-4-12-29-20/h3-5,7-15H,2,6H2,1H3,(H,30,36)(H,32,33)(H,34,35). The number of H-pyrrole nitrogens is 2. The molecule has 0 saturated heterocycles. The van der Waals surface area contributed by atoms with E-state index in [1.165, 1.54) is 0 Å². The highest BCUT2D eigenvalue weighted by atomic mass is 16.1. The van der Waals surface area contributed by atoms with Crippen molar-refractivity contribution in [3.8, 4) is 34.0 Å². The summed E-state index contributed by atoms with van der Waals surface area (Å²) in [6, 6.07) is 17.5. The van der Waals surface area contributed by atoms with Crippen LogP contribution < -0.4 is 5.32 Å². The van der Waals surface area contributed by atoms with Crippen molar-refractivity contribution in [1.82, 2.24) is 35.1 Å². The lowest BCUT2D eigenvalue weighted by atomic mass is 10.1. The van der Waals surface area contributed by atoms with E-state index in [2.05, 4.69) is 30.5 Å². The number of amides is 1. The maximum atomic E-state index is 12.0. The maximum Gasteiger partial charge on any atom is 0.224 e. The van der Waals surface area contributed by atoms with Crippen LogP contribution in [0.3, 0.4) is 0 Å². The summed E-state index contributed by atoms with van der Waals surface area (Å²) in [5, 5.41) is 10.4. The molecule has 0 aliphatic rings. The van der Waals surface area contributed by atoms with Gasteiger partial charge in [-0.3, -0.25) is 19.9 Å². The minimum atomic E-state index is -0.0352. The number of fused-ring (bicyclic) bond motifs is 2. The summed E-state index contributed by atoms with van der Waals surface area (Å²) >= 11 is 0. The molecule has 0 fully saturated rings. The summed E-state index contributed by atoms with van der Waals surface area (Å²) < 4.78 is 0. The molecule has 36 heavy (non-hydrogen) atoms. The number of rotatable bonds is 6. The highest BCUT2D eigenvalue weighted by Gasteiger charge is 2.17. The second-order valence-corrected chi connectivity index (χ2v) is 8.43. The summed E-state index contributed by atoms with van der Waals surface area (Å²) in [6.07, 6.45) is 6.38. The molecule has 0 radical (unpaired) electrons. The Bertz CT molecular complexity index is 1700. The number of carbonyl (C=O) groups excluding carboxylic acids is 1. The van der Waals surface area contributed by atoms with E-state index in [4.69, 9.17) is 9.97 Å². The third-order valence-electron chi connectivity index (χ3n) is 5.88. The predicted molar refractivity (Wildman–Crippen MR) is 139 cm³/mol. The highest BCUT2D eigenvalue weighted by Crippen LogP contribution is 2.31. The maximum absolute atomic E-state index is 12.0. The summed E-state index contributed by atoms with van der Waals surface area (Å²) in [6.45, 7) is 1.97. The zero-order valence-corrected chi connectivity index (χ0v) is 19.5. The summed E-state index contributed by atoms with van der Waals surface area (Å²) in [5.74, 6) is 0.579. The lowest BCUT2D eigenvalue weighted by Gasteiger charge is -2.06. The van der Waals surface area contributed by atoms with E-state index in [9.17, 15) is 4.79 Å². The second kappa shape index (κ2) is 9.03. The molecule has 0 saturated carbocycles. The summed E-state index contributed by atoms with van der Waals surface area (Å²) in [5.41, 5.74) is 7.75. The quantitative estimate of drug-likeness (QED) is 0.298. The van der Waals surface area contributed by atoms with Gasteiger partial charge >= 0.3 is 0 Å². The van der Waals surface area contributed by atoms with Crippen LogP contribution in [0.5, 0.6) is 0 Å². The molecule has 176 valence electrons. The van der Waals surface area contributed by atoms with Gasteiger partial charge in [-0.2, -0.15) is 5.10 Å². The minimum Gasteiger partial charge on any atom is -0.336 e. The second-order valence-electron chi connectivity index (χ2n) is 8.43. The Morgan fingerprint density at radius 1 is 0.944 bits per heavy atom. The number of hydrogen-bond donors (Lipinski definition) is 3. The Labute approximate surface area is 206 Å². The van der Waals surface area contributed by atoms with E-state index in [0.29, 0.717) is 29.1 Å². The lowest BCUT2D eigenvalue weighted by molar-refractivity contribution is -0.116. The molecule has 5 aromatic heterocycles. The number of pyridine rings is 3. The number of para-hydroxylation sites is 1. The number of hydrogen-bond acceptors (Lipinski definition) is 6. The fraction of sp³-hybridized carbons (Fsp3) is 0.111. The number of aromatic nitrogens is 7. The van der Waals surface area contributed by atoms with Gasteiger partial charge in [0.2, 0.25) is 5.91 Å². The van der Waals surface area contributed by atoms with Crippen LogP contribution in [0.1, 0.15) is 19.8 Å². The van der Waals surface area contributed by atoms with Crippen molar-refractivity contribution in [2.45, 2.75) is 19.8 Å². The van der Waals surface area contributed by atoms with Crippen molar-refractivity contribution in [3.63, 3.8) is 0 Å². The van der Waals surface area contributed by atoms with Gasteiger partial charge in [-0.25, -0.2) is 9.97 Å². The number of anilines is 1. The summed E-state index contributed by atoms with van der Waals surface area (Å²) in [7, 11) is 0. The van der Waals surface area contributed by atoms with Crippen molar-refractivity contribution in [3.05, 3.63) is 73.2 Å². The first-order chi connectivity index (χ1) is 17.7. The first-order valence-corrected chi connectivity index (χ1v) is 11.7. The molecule has 6 aromatic rings. The monoisotopic (exact) mass is 474 g/mol. The summed E-state index contributed by atoms with van der Waals surface area (Å²) in [4.78, 5) is 33.9. The Morgan fingerprint density at radius 2 is 1.89 bits per heavy atom. The largest absolute Gasteiger partial charge is 0.336 e. The van der Waals surface area contributed by atoms with E-state index in [-0.39, 0.29) is 5.91 Å². The third kappa shape index (κ3) is 3.96. The molecule has 3 N–H and O–H groups in total. The molecule has 5 heterocycles. The van der Waals surface area contributed by atoms with Gasteiger partial charge in [-0.15, -0.1) is 0 Å². The molecule has 9 heteroatoms. The van der Waals surface area contributed by atoms with Crippen LogP contribution >= 0.6 is 0 Å². The van der Waals surface area contributed by atoms with Crippen LogP contribution in [-0.4, -0.2) is 41.0 Å². The van der Waals surface area contributed by atoms with Crippen LogP contribution in [0.4, 0.5) is 5.69 Å². The topological polar surface area (TPSA) is 125 Å². The highest BCUT2D eigenvalue weighted by molar-refractivity contribution is 5.96. The van der Waals surface area contributed by atoms with Gasteiger partial charge in [-0.05, 0) is 42.8 Å². The molecule has 0 aliphatic carbocycles. The smallest absolute Gasteiger partial charge is 0.224 e. The van der Waals surface area contributed by atoms with Crippen LogP contribution in [-0.2, 0) is 4.79 Å². The molecule has 0 unspecified atom stereocenters. The van der Waals surface area contributed by atoms with Crippen molar-refractivity contribution in [2.75, 3.05) is 5.32 Å². The average Bonchev–Trinajstić information content (AvgIpc) is 3.53. The third-order valence-corrected chi connectivity index (χ3v) is 5.88. The van der Waals surface area contributed by atoms with E-state index in [1.54, 1.807) is 18.6 Å². The number of imidazole rings is 1. The van der Waals surface area contributed by atoms with Gasteiger partial charge in [-0.1, -0.05) is 25.1 Å². The number of carbonyl (C=O) groups is 1. The van der Waals surface area contributed by atoms with E-state index in [0.717, 1.165) is 45.5 Å². The van der Waals surface area contributed by atoms with E-state index in [1.807, 2.05) is 61.5 Å². The minimum absolute atomic E-state index is 0.0352. The Balaban J connectivity index is 1.40. The zero-order valence-electron chi connectivity index (χ0n) is 19.5. The molecular weight excluding hydrogens is 452 g/mol. The SMILES string of the molecule is CCCC(=O)Nc1cncc(-c2ccc3[nH]nc(-c4nc5c(-c6ccccn6)cccc5[nH]4)c3n2)c1. The first-order valence-electron chi connectivity index (χ1n) is 11.7. The first kappa shape index (κ1) is 21.6. The Kier molecular flexibility index (Phi) is 5.42. The van der Waals surface area contributed by atoms with Crippen molar-refractivity contribution < 1.29 is 4.79 Å². The average molecular weight is 475 g/mol. The molecule has 1 aromatic carbocycles. The van der Waals surface area contributed by atoms with Gasteiger partial charge in [0.15, 0.2) is 11.5 Å². The molecule has 1 amide bonds. The molecule has 0 atom stereocenters. The Hall–Kier alpha value is -4.92. The van der Waals surface area contributed by atoms with Crippen molar-refractivity contribution >= 4 is 33.7 Å². The van der Waals surface area contributed by atoms with Gasteiger partial charge in [0.25, 0.3) is 0 Å². The molecule has 6 rings (SSSR count). The van der Waals surface area contributed by atoms with Crippen molar-refractivity contribution in [1.29, 1.82) is 0 Å². The van der Waals surface area contributed by atoms with Gasteiger partial charge in [0.05, 0.1) is 39.8 Å². The molecule has 0 bridgehead atoms.